The van der Waals surface area contributed by atoms with Crippen LogP contribution in [0.15, 0.2) is 18.2 Å². The number of nitrogens with one attached hydrogen (secondary N) is 1. The van der Waals surface area contributed by atoms with Crippen LogP contribution >= 0.6 is 0 Å². The first-order valence-corrected chi connectivity index (χ1v) is 6.67. The first kappa shape index (κ1) is 17.7. The van der Waals surface area contributed by atoms with Crippen LogP contribution in [-0.2, 0) is 6.54 Å². The van der Waals surface area contributed by atoms with Gasteiger partial charge in [-0.25, -0.2) is 4.39 Å². The van der Waals surface area contributed by atoms with Gasteiger partial charge in [-0.05, 0) is 17.7 Å². The lowest BCUT2D eigenvalue weighted by Crippen LogP contribution is -2.36. The summed E-state index contributed by atoms with van der Waals surface area (Å²) in [5, 5.41) is 11.9. The number of hydrogen-bond acceptors (Lipinski definition) is 3. The Balaban J connectivity index is 2.89. The molecule has 0 aliphatic rings. The van der Waals surface area contributed by atoms with E-state index < -0.39 is 25.1 Å². The molecule has 7 heteroatoms. The largest absolute Gasteiger partial charge is 0.405 e. The number of benzene rings is 1. The third kappa shape index (κ3) is 6.31. The molecule has 0 saturated carbocycles. The van der Waals surface area contributed by atoms with E-state index in [9.17, 15) is 17.6 Å². The Labute approximate surface area is 121 Å². The van der Waals surface area contributed by atoms with Gasteiger partial charge in [0.15, 0.2) is 0 Å². The Morgan fingerprint density at radius 2 is 1.95 bits per heavy atom. The average molecular weight is 308 g/mol. The second-order valence-corrected chi connectivity index (χ2v) is 5.08. The van der Waals surface area contributed by atoms with Crippen LogP contribution in [-0.4, -0.2) is 37.0 Å². The SMILES string of the molecule is CC(C)NCc1ccc(N(CCO)CC(F)(F)F)c(F)c1. The summed E-state index contributed by atoms with van der Waals surface area (Å²) in [6.07, 6.45) is -4.46. The molecule has 0 amide bonds. The van der Waals surface area contributed by atoms with Gasteiger partial charge >= 0.3 is 6.18 Å². The molecule has 1 aromatic carbocycles. The summed E-state index contributed by atoms with van der Waals surface area (Å²) in [6.45, 7) is 2.27. The van der Waals surface area contributed by atoms with E-state index in [0.717, 1.165) is 4.90 Å². The van der Waals surface area contributed by atoms with Gasteiger partial charge in [-0.15, -0.1) is 0 Å². The van der Waals surface area contributed by atoms with Crippen molar-refractivity contribution in [2.24, 2.45) is 0 Å². The van der Waals surface area contributed by atoms with Gasteiger partial charge in [0, 0.05) is 19.1 Å². The third-order valence-corrected chi connectivity index (χ3v) is 2.81. The van der Waals surface area contributed by atoms with Crippen LogP contribution in [0.4, 0.5) is 23.2 Å². The molecule has 0 aliphatic carbocycles. The number of aliphatic hydroxyl groups is 1. The molecule has 1 rings (SSSR count). The molecule has 0 aliphatic heterocycles. The molecule has 0 unspecified atom stereocenters. The maximum absolute atomic E-state index is 14.0. The standard InChI is InChI=1S/C14H20F4N2O/c1-10(2)19-8-11-3-4-13(12(15)7-11)20(5-6-21)9-14(16,17)18/h3-4,7,10,19,21H,5-6,8-9H2,1-2H3. The van der Waals surface area contributed by atoms with E-state index in [4.69, 9.17) is 5.11 Å². The van der Waals surface area contributed by atoms with Crippen molar-refractivity contribution in [1.29, 1.82) is 0 Å². The van der Waals surface area contributed by atoms with Crippen molar-refractivity contribution in [3.8, 4) is 0 Å². The quantitative estimate of drug-likeness (QED) is 0.760. The van der Waals surface area contributed by atoms with E-state index in [0.29, 0.717) is 12.1 Å². The van der Waals surface area contributed by atoms with Gasteiger partial charge in [0.05, 0.1) is 12.3 Å². The smallest absolute Gasteiger partial charge is 0.395 e. The number of rotatable bonds is 7. The molecule has 1 aromatic rings. The second-order valence-electron chi connectivity index (χ2n) is 5.08. The van der Waals surface area contributed by atoms with Crippen molar-refractivity contribution in [3.63, 3.8) is 0 Å². The molecule has 0 fully saturated rings. The number of anilines is 1. The lowest BCUT2D eigenvalue weighted by Gasteiger charge is -2.25. The van der Waals surface area contributed by atoms with Crippen molar-refractivity contribution >= 4 is 5.69 Å². The van der Waals surface area contributed by atoms with E-state index in [2.05, 4.69) is 5.32 Å². The lowest BCUT2D eigenvalue weighted by atomic mass is 10.1. The van der Waals surface area contributed by atoms with Gasteiger partial charge in [0.1, 0.15) is 12.4 Å². The zero-order chi connectivity index (χ0) is 16.0. The molecule has 0 bridgehead atoms. The highest BCUT2D eigenvalue weighted by Crippen LogP contribution is 2.25. The topological polar surface area (TPSA) is 35.5 Å². The minimum atomic E-state index is -4.46. The number of nitrogens with zero attached hydrogens (tertiary/aromatic N) is 1. The Bertz CT molecular complexity index is 449. The van der Waals surface area contributed by atoms with E-state index in [1.807, 2.05) is 13.8 Å². The summed E-state index contributed by atoms with van der Waals surface area (Å²) in [7, 11) is 0. The monoisotopic (exact) mass is 308 g/mol. The Kier molecular flexibility index (Phi) is 6.42. The molecule has 21 heavy (non-hydrogen) atoms. The van der Waals surface area contributed by atoms with Crippen molar-refractivity contribution < 1.29 is 22.7 Å². The van der Waals surface area contributed by atoms with E-state index in [1.165, 1.54) is 12.1 Å². The molecule has 0 spiro atoms. The summed E-state index contributed by atoms with van der Waals surface area (Å²) in [5.74, 6) is -0.726. The van der Waals surface area contributed by atoms with Crippen molar-refractivity contribution in [3.05, 3.63) is 29.6 Å². The van der Waals surface area contributed by atoms with E-state index in [-0.39, 0.29) is 18.3 Å². The molecular weight excluding hydrogens is 288 g/mol. The summed E-state index contributed by atoms with van der Waals surface area (Å²) in [6, 6.07) is 4.33. The molecule has 2 N–H and O–H groups in total. The normalized spacial score (nSPS) is 12.0. The molecule has 3 nitrogen and oxygen atoms in total. The zero-order valence-electron chi connectivity index (χ0n) is 12.0. The summed E-state index contributed by atoms with van der Waals surface area (Å²) >= 11 is 0. The predicted octanol–water partition coefficient (Wildman–Crippen LogP) is 2.68. The fourth-order valence-corrected chi connectivity index (χ4v) is 1.86. The first-order chi connectivity index (χ1) is 9.73. The van der Waals surface area contributed by atoms with Crippen LogP contribution in [0.2, 0.25) is 0 Å². The van der Waals surface area contributed by atoms with Crippen LogP contribution in [0.5, 0.6) is 0 Å². The predicted molar refractivity (Wildman–Crippen MR) is 73.7 cm³/mol. The Hall–Kier alpha value is -1.34. The summed E-state index contributed by atoms with van der Waals surface area (Å²) in [5.41, 5.74) is 0.496. The molecular formula is C14H20F4N2O. The minimum Gasteiger partial charge on any atom is -0.395 e. The van der Waals surface area contributed by atoms with Gasteiger partial charge in [-0.3, -0.25) is 0 Å². The van der Waals surface area contributed by atoms with Crippen molar-refractivity contribution in [2.75, 3.05) is 24.6 Å². The number of hydrogen-bond donors (Lipinski definition) is 2. The molecule has 0 heterocycles. The molecule has 0 radical (unpaired) electrons. The number of halogens is 4. The van der Waals surface area contributed by atoms with Gasteiger partial charge in [0.25, 0.3) is 0 Å². The Morgan fingerprint density at radius 3 is 2.43 bits per heavy atom. The number of aliphatic hydroxyl groups excluding tert-OH is 1. The average Bonchev–Trinajstić information content (AvgIpc) is 2.34. The second kappa shape index (κ2) is 7.61. The zero-order valence-corrected chi connectivity index (χ0v) is 12.0. The third-order valence-electron chi connectivity index (χ3n) is 2.81. The van der Waals surface area contributed by atoms with Gasteiger partial charge < -0.3 is 15.3 Å². The molecule has 120 valence electrons. The van der Waals surface area contributed by atoms with Crippen molar-refractivity contribution in [2.45, 2.75) is 32.6 Å². The van der Waals surface area contributed by atoms with Crippen molar-refractivity contribution in [1.82, 2.24) is 5.32 Å². The van der Waals surface area contributed by atoms with Crippen LogP contribution < -0.4 is 10.2 Å². The maximum Gasteiger partial charge on any atom is 0.405 e. The van der Waals surface area contributed by atoms with E-state index >= 15 is 0 Å². The highest BCUT2D eigenvalue weighted by Gasteiger charge is 2.31. The Morgan fingerprint density at radius 1 is 1.29 bits per heavy atom. The summed E-state index contributed by atoms with van der Waals surface area (Å²) in [4.78, 5) is 0.787. The minimum absolute atomic E-state index is 0.158. The van der Waals surface area contributed by atoms with E-state index in [1.54, 1.807) is 6.07 Å². The highest BCUT2D eigenvalue weighted by atomic mass is 19.4. The van der Waals surface area contributed by atoms with Crippen LogP contribution in [0.3, 0.4) is 0 Å². The van der Waals surface area contributed by atoms with Crippen LogP contribution in [0.1, 0.15) is 19.4 Å². The number of alkyl halides is 3. The summed E-state index contributed by atoms with van der Waals surface area (Å²) < 4.78 is 51.4. The van der Waals surface area contributed by atoms with Gasteiger partial charge in [0.2, 0.25) is 0 Å². The first-order valence-electron chi connectivity index (χ1n) is 6.67. The molecule has 0 atom stereocenters. The molecule has 0 saturated heterocycles. The fraction of sp³-hybridized carbons (Fsp3) is 0.571. The van der Waals surface area contributed by atoms with Gasteiger partial charge in [-0.1, -0.05) is 19.9 Å². The molecule has 0 aromatic heterocycles. The maximum atomic E-state index is 14.0. The highest BCUT2D eigenvalue weighted by molar-refractivity contribution is 5.49. The fourth-order valence-electron chi connectivity index (χ4n) is 1.86. The van der Waals surface area contributed by atoms with Crippen LogP contribution in [0, 0.1) is 5.82 Å². The van der Waals surface area contributed by atoms with Gasteiger partial charge in [-0.2, -0.15) is 13.2 Å². The lowest BCUT2D eigenvalue weighted by molar-refractivity contribution is -0.119. The van der Waals surface area contributed by atoms with Crippen LogP contribution in [0.25, 0.3) is 0 Å².